The zero-order chi connectivity index (χ0) is 69.4. The van der Waals surface area contributed by atoms with E-state index in [0.717, 1.165) is 105 Å². The quantitative estimate of drug-likeness (QED) is 0.0434. The van der Waals surface area contributed by atoms with Gasteiger partial charge >= 0.3 is 7.12 Å². The van der Waals surface area contributed by atoms with Crippen LogP contribution in [0.3, 0.4) is 0 Å². The van der Waals surface area contributed by atoms with Crippen LogP contribution >= 0.6 is 80.0 Å². The van der Waals surface area contributed by atoms with Crippen LogP contribution in [0, 0.1) is 24.7 Å². The maximum absolute atomic E-state index is 13.7. The van der Waals surface area contributed by atoms with Crippen molar-refractivity contribution < 1.29 is 66.0 Å². The number of anilines is 2. The van der Waals surface area contributed by atoms with E-state index in [2.05, 4.69) is 48.2 Å². The number of carbonyl (C=O) groups is 2. The van der Waals surface area contributed by atoms with Gasteiger partial charge in [0.05, 0.1) is 97.8 Å². The predicted molar refractivity (Wildman–Crippen MR) is 388 cm³/mol. The summed E-state index contributed by atoms with van der Waals surface area (Å²) in [5, 5.41) is 27.4. The van der Waals surface area contributed by atoms with Crippen LogP contribution in [0.1, 0.15) is 97.6 Å². The Labute approximate surface area is 612 Å². The van der Waals surface area contributed by atoms with Gasteiger partial charge in [-0.3, -0.25) is 9.59 Å². The topological polar surface area (TPSA) is 244 Å². The van der Waals surface area contributed by atoms with Crippen LogP contribution in [-0.2, 0) is 72.4 Å². The van der Waals surface area contributed by atoms with Crippen molar-refractivity contribution in [2.45, 2.75) is 123 Å². The lowest BCUT2D eigenvalue weighted by Crippen LogP contribution is -2.41. The van der Waals surface area contributed by atoms with Gasteiger partial charge in [-0.15, -0.1) is 0 Å². The SMILES string of the molecule is C.C1COCCO1.CC1(C)OB(c2cc3n(c2)CCN(Cc2cc(F)ccc2CO)C3=O)OC1(C)C.Clc1cnc(NC2CCOC2)cc1I.Fc1cc(I)c(Cl)cn1.NC1CCOC1.O=C1c2cc(-c3cc(NC4CCOC4)ncc3Cl)cn2CCN1Cc1cc(F)ccc1CO. The molecule has 7 aromatic rings. The fraction of sp³-hybridized carbons (Fsp3) is 0.456. The van der Waals surface area contributed by atoms with Gasteiger partial charge in [0.25, 0.3) is 11.8 Å². The largest absolute Gasteiger partial charge is 0.496 e. The van der Waals surface area contributed by atoms with Gasteiger partial charge in [0.2, 0.25) is 5.95 Å². The number of aliphatic hydroxyl groups is 2. The third-order valence-corrected chi connectivity index (χ3v) is 20.3. The van der Waals surface area contributed by atoms with Crippen LogP contribution in [-0.4, -0.2) is 172 Å². The molecule has 0 radical (unpaired) electrons. The van der Waals surface area contributed by atoms with Crippen LogP contribution in [0.4, 0.5) is 24.8 Å². The first-order chi connectivity index (χ1) is 46.5. The summed E-state index contributed by atoms with van der Waals surface area (Å²) in [6.45, 7) is 18.0. The third-order valence-electron chi connectivity index (χ3n) is 17.0. The summed E-state index contributed by atoms with van der Waals surface area (Å²) in [5.41, 5.74) is 10.5. The lowest BCUT2D eigenvalue weighted by atomic mass is 9.81. The van der Waals surface area contributed by atoms with Crippen molar-refractivity contribution in [1.82, 2.24) is 33.9 Å². The molecule has 12 heterocycles. The number of nitrogens with two attached hydrogens (primary N) is 1. The second-order valence-corrected chi connectivity index (χ2v) is 28.1. The molecule has 21 nitrogen and oxygen atoms in total. The smallest absolute Gasteiger partial charge is 0.399 e. The number of aliphatic hydroxyl groups excluding tert-OH is 2. The summed E-state index contributed by atoms with van der Waals surface area (Å²) < 4.78 is 82.8. The summed E-state index contributed by atoms with van der Waals surface area (Å²) in [6, 6.07) is 18.2. The third kappa shape index (κ3) is 21.7. The van der Waals surface area contributed by atoms with Crippen molar-refractivity contribution in [3.8, 4) is 11.1 Å². The molecule has 30 heteroatoms. The molecule has 0 saturated carbocycles. The van der Waals surface area contributed by atoms with Crippen molar-refractivity contribution in [3.05, 3.63) is 171 Å². The molecule has 2 amide bonds. The number of fused-ring (bicyclic) bond motifs is 2. The molecule has 0 aliphatic carbocycles. The van der Waals surface area contributed by atoms with Gasteiger partial charge in [-0.25, -0.2) is 23.7 Å². The van der Waals surface area contributed by atoms with Crippen molar-refractivity contribution in [2.24, 2.45) is 5.73 Å². The lowest BCUT2D eigenvalue weighted by Gasteiger charge is -2.32. The summed E-state index contributed by atoms with van der Waals surface area (Å²) in [5.74, 6) is 0.0357. The number of rotatable bonds is 12. The van der Waals surface area contributed by atoms with Crippen LogP contribution < -0.4 is 21.8 Å². The normalized spacial score (nSPS) is 19.5. The van der Waals surface area contributed by atoms with Crippen molar-refractivity contribution in [1.29, 1.82) is 0 Å². The molecule has 6 N–H and O–H groups in total. The Kier molecular flexibility index (Phi) is 29.7. The number of aromatic nitrogens is 5. The molecule has 14 rings (SSSR count). The van der Waals surface area contributed by atoms with E-state index in [-0.39, 0.29) is 57.4 Å². The molecule has 0 spiro atoms. The average molecular weight is 1640 g/mol. The van der Waals surface area contributed by atoms with Gasteiger partial charge in [-0.05, 0) is 163 Å². The fourth-order valence-corrected chi connectivity index (χ4v) is 12.1. The lowest BCUT2D eigenvalue weighted by molar-refractivity contribution is -0.0334. The minimum atomic E-state index is -0.524. The second-order valence-electron chi connectivity index (χ2n) is 24.6. The number of nitrogens with one attached hydrogen (secondary N) is 2. The van der Waals surface area contributed by atoms with Gasteiger partial charge in [-0.2, -0.15) is 4.39 Å². The molecule has 7 aliphatic heterocycles. The Morgan fingerprint density at radius 2 is 1.05 bits per heavy atom. The molecule has 5 saturated heterocycles. The monoisotopic (exact) mass is 1640 g/mol. The molecule has 3 unspecified atom stereocenters. The Bertz CT molecular complexity index is 3760. The predicted octanol–water partition coefficient (Wildman–Crippen LogP) is 11.2. The standard InChI is InChI=1S/C24H24ClFN4O3.C21H26BFN2O4.C9H10ClIN2O.C5H2ClFIN.C4H9NO.C4H8O2.CH4/c25-21-10-27-23(28-19-3-6-33-14-19)9-20(21)17-8-22-24(32)30(5-4-29(22)12-17)11-16-7-18(26)2-1-15(16)13-31;1-20(2)21(3,4)29-22(28-20)16-10-18-19(27)25(8-7-24(18)12-16)11-15-9-17(23)6-5-14(15)13-26;10-7-4-12-9(3-8(7)11)13-6-1-2-14-5-6;6-3-2-9-5(7)1-4(3)8;5-4-1-2-6-3-4;1-2-6-4-3-5-1;/h1-2,7-10,12,19,31H,3-6,11,13-14H2,(H,27,28);5-6,9-10,12,26H,7-8,11,13H2,1-4H3;3-4,6H,1-2,5H2,(H,12,13);1-2H;4H,1-3,5H2;1-4H2;1H4. The highest BCUT2D eigenvalue weighted by molar-refractivity contribution is 14.1. The van der Waals surface area contributed by atoms with Crippen molar-refractivity contribution in [3.63, 3.8) is 0 Å². The van der Waals surface area contributed by atoms with Gasteiger partial charge in [0.1, 0.15) is 34.7 Å². The molecule has 5 aromatic heterocycles. The highest BCUT2D eigenvalue weighted by atomic mass is 127. The molecular formula is C68H83BCl3F3I2N10O11. The number of amides is 2. The van der Waals surface area contributed by atoms with E-state index < -0.39 is 30.1 Å². The summed E-state index contributed by atoms with van der Waals surface area (Å²) in [6.07, 6.45) is 11.4. The maximum Gasteiger partial charge on any atom is 0.496 e. The number of pyridine rings is 3. The van der Waals surface area contributed by atoms with E-state index >= 15 is 0 Å². The van der Waals surface area contributed by atoms with Gasteiger partial charge in [0, 0.05) is 126 Å². The molecule has 7 aliphatic rings. The first-order valence-electron chi connectivity index (χ1n) is 31.7. The Morgan fingerprint density at radius 3 is 1.49 bits per heavy atom. The first kappa shape index (κ1) is 78.5. The van der Waals surface area contributed by atoms with E-state index in [1.54, 1.807) is 34.3 Å². The van der Waals surface area contributed by atoms with Crippen LogP contribution in [0.25, 0.3) is 11.1 Å². The van der Waals surface area contributed by atoms with Crippen LogP contribution in [0.2, 0.25) is 15.1 Å². The highest BCUT2D eigenvalue weighted by Gasteiger charge is 2.52. The number of halogens is 8. The molecule has 5 fully saturated rings. The number of hydrogen-bond donors (Lipinski definition) is 5. The van der Waals surface area contributed by atoms with Crippen LogP contribution in [0.15, 0.2) is 97.7 Å². The Hall–Kier alpha value is -5.23. The summed E-state index contributed by atoms with van der Waals surface area (Å²) in [7, 11) is -0.524. The van der Waals surface area contributed by atoms with Crippen molar-refractivity contribution in [2.75, 3.05) is 89.8 Å². The Morgan fingerprint density at radius 1 is 0.582 bits per heavy atom. The van der Waals surface area contributed by atoms with Gasteiger partial charge in [0.15, 0.2) is 0 Å². The minimum Gasteiger partial charge on any atom is -0.399 e. The minimum absolute atomic E-state index is 0. The van der Waals surface area contributed by atoms with E-state index in [0.29, 0.717) is 103 Å². The molecule has 530 valence electrons. The Balaban J connectivity index is 0.000000168. The zero-order valence-corrected chi connectivity index (χ0v) is 60.8. The maximum atomic E-state index is 13.7. The molecule has 0 bridgehead atoms. The number of carbonyl (C=O) groups excluding carboxylic acids is 2. The van der Waals surface area contributed by atoms with E-state index in [4.69, 9.17) is 73.5 Å². The first-order valence-corrected chi connectivity index (χ1v) is 35.0. The molecule has 2 aromatic carbocycles. The van der Waals surface area contributed by atoms with E-state index in [1.165, 1.54) is 36.5 Å². The molecule has 3 atom stereocenters. The molecular weight excluding hydrogens is 1560 g/mol. The summed E-state index contributed by atoms with van der Waals surface area (Å²) in [4.78, 5) is 41.5. The van der Waals surface area contributed by atoms with E-state index in [1.807, 2.05) is 96.1 Å². The highest BCUT2D eigenvalue weighted by Crippen LogP contribution is 2.37. The van der Waals surface area contributed by atoms with Gasteiger partial charge in [-0.1, -0.05) is 54.4 Å². The fourth-order valence-electron chi connectivity index (χ4n) is 10.8. The van der Waals surface area contributed by atoms with Gasteiger partial charge < -0.3 is 78.5 Å². The number of ether oxygens (including phenoxy) is 5. The number of benzene rings is 2. The zero-order valence-electron chi connectivity index (χ0n) is 54.2. The number of hydrogen-bond acceptors (Lipinski definition) is 17. The number of nitrogens with zero attached hydrogens (tertiary/aromatic N) is 7. The van der Waals surface area contributed by atoms with E-state index in [9.17, 15) is 33.0 Å². The van der Waals surface area contributed by atoms with Crippen LogP contribution in [0.5, 0.6) is 0 Å². The summed E-state index contributed by atoms with van der Waals surface area (Å²) >= 11 is 22.0. The average Bonchev–Trinajstić information content (AvgIpc) is 1.61. The molecule has 98 heavy (non-hydrogen) atoms. The van der Waals surface area contributed by atoms with Crippen molar-refractivity contribution >= 4 is 116 Å². The second kappa shape index (κ2) is 37.1.